The number of likely N-dealkylation sites (tertiary alicyclic amines) is 1. The molecule has 1 atom stereocenters. The van der Waals surface area contributed by atoms with Crippen LogP contribution in [0.3, 0.4) is 0 Å². The van der Waals surface area contributed by atoms with Gasteiger partial charge in [0.1, 0.15) is 18.1 Å². The van der Waals surface area contributed by atoms with Crippen LogP contribution in [0.5, 0.6) is 5.75 Å². The lowest BCUT2D eigenvalue weighted by Crippen LogP contribution is -2.29. The first-order valence-corrected chi connectivity index (χ1v) is 12.5. The van der Waals surface area contributed by atoms with Gasteiger partial charge in [-0.25, -0.2) is 0 Å². The highest BCUT2D eigenvalue weighted by molar-refractivity contribution is 6.46. The van der Waals surface area contributed by atoms with Crippen LogP contribution in [0.15, 0.2) is 103 Å². The lowest BCUT2D eigenvalue weighted by Gasteiger charge is -2.25. The zero-order chi connectivity index (χ0) is 26.6. The number of aliphatic hydroxyl groups is 1. The van der Waals surface area contributed by atoms with Crippen molar-refractivity contribution < 1.29 is 19.4 Å². The number of pyridine rings is 1. The molecule has 0 unspecified atom stereocenters. The molecule has 0 radical (unpaired) electrons. The summed E-state index contributed by atoms with van der Waals surface area (Å²) in [6.45, 7) is 2.58. The van der Waals surface area contributed by atoms with Gasteiger partial charge in [0.15, 0.2) is 0 Å². The first-order valence-electron chi connectivity index (χ1n) is 12.1. The van der Waals surface area contributed by atoms with Crippen LogP contribution in [0.4, 0.5) is 0 Å². The van der Waals surface area contributed by atoms with Gasteiger partial charge >= 0.3 is 0 Å². The lowest BCUT2D eigenvalue weighted by atomic mass is 9.95. The number of ketones is 1. The number of Topliss-reactive ketones (excluding diaryl/α,β-unsaturated/α-hetero) is 1. The van der Waals surface area contributed by atoms with Crippen LogP contribution >= 0.6 is 11.6 Å². The summed E-state index contributed by atoms with van der Waals surface area (Å²) >= 11 is 6.26. The Labute approximate surface area is 225 Å². The van der Waals surface area contributed by atoms with E-state index < -0.39 is 17.7 Å². The molecule has 1 fully saturated rings. The third-order valence-corrected chi connectivity index (χ3v) is 6.63. The van der Waals surface area contributed by atoms with E-state index >= 15 is 0 Å². The molecule has 1 aromatic heterocycles. The summed E-state index contributed by atoms with van der Waals surface area (Å²) in [6.07, 6.45) is 3.28. The first kappa shape index (κ1) is 25.2. The molecule has 1 amide bonds. The average Bonchev–Trinajstić information content (AvgIpc) is 3.17. The van der Waals surface area contributed by atoms with E-state index in [0.29, 0.717) is 28.5 Å². The van der Waals surface area contributed by atoms with Crippen LogP contribution in [0.25, 0.3) is 5.76 Å². The molecule has 0 spiro atoms. The summed E-state index contributed by atoms with van der Waals surface area (Å²) in [5.41, 5.74) is 4.00. The smallest absolute Gasteiger partial charge is 0.295 e. The van der Waals surface area contributed by atoms with Crippen molar-refractivity contribution in [1.29, 1.82) is 0 Å². The summed E-state index contributed by atoms with van der Waals surface area (Å²) in [6, 6.07) is 24.6. The Balaban J connectivity index is 1.47. The number of hydrogen-bond donors (Lipinski definition) is 1. The van der Waals surface area contributed by atoms with E-state index in [2.05, 4.69) is 11.1 Å². The second-order valence-electron chi connectivity index (χ2n) is 9.15. The molecule has 0 bridgehead atoms. The number of nitrogens with zero attached hydrogens (tertiary/aromatic N) is 2. The van der Waals surface area contributed by atoms with Crippen LogP contribution in [-0.2, 0) is 22.7 Å². The molecule has 0 aliphatic carbocycles. The maximum atomic E-state index is 13.3. The van der Waals surface area contributed by atoms with E-state index in [4.69, 9.17) is 16.3 Å². The normalized spacial score (nSPS) is 16.6. The van der Waals surface area contributed by atoms with Gasteiger partial charge in [-0.3, -0.25) is 14.6 Å². The Hall–Kier alpha value is -4.42. The van der Waals surface area contributed by atoms with Crippen molar-refractivity contribution >= 4 is 29.1 Å². The van der Waals surface area contributed by atoms with Gasteiger partial charge in [0.25, 0.3) is 11.7 Å². The Morgan fingerprint density at radius 1 is 0.974 bits per heavy atom. The molecular weight excluding hydrogens is 500 g/mol. The SMILES string of the molecule is Cc1cccc(COc2ccc(/C(O)=C3\C(=O)C(=O)N(Cc4cccnc4)[C@@H]3c3cccc(Cl)c3)cc2)c1. The minimum atomic E-state index is -0.814. The monoisotopic (exact) mass is 524 g/mol. The van der Waals surface area contributed by atoms with Gasteiger partial charge in [-0.05, 0) is 66.1 Å². The number of aryl methyl sites for hydroxylation is 1. The van der Waals surface area contributed by atoms with Crippen molar-refractivity contribution in [3.63, 3.8) is 0 Å². The highest BCUT2D eigenvalue weighted by Crippen LogP contribution is 2.41. The van der Waals surface area contributed by atoms with Gasteiger partial charge in [0.05, 0.1) is 11.6 Å². The fourth-order valence-electron chi connectivity index (χ4n) is 4.59. The number of benzene rings is 3. The standard InChI is InChI=1S/C31H25ClN2O4/c1-20-5-2-6-21(15-20)19-38-26-12-10-23(11-13-26)29(35)27-28(24-8-3-9-25(32)16-24)34(31(37)30(27)36)18-22-7-4-14-33-17-22/h2-17,28,35H,18-19H2,1H3/b29-27+/t28-/m1/s1. The highest BCUT2D eigenvalue weighted by atomic mass is 35.5. The molecule has 38 heavy (non-hydrogen) atoms. The molecular formula is C31H25ClN2O4. The molecule has 1 N–H and O–H groups in total. The molecule has 1 saturated heterocycles. The van der Waals surface area contributed by atoms with Crippen molar-refractivity contribution in [2.45, 2.75) is 26.1 Å². The molecule has 3 aromatic carbocycles. The van der Waals surface area contributed by atoms with Crippen LogP contribution in [0.1, 0.15) is 33.9 Å². The second-order valence-corrected chi connectivity index (χ2v) is 9.58. The fourth-order valence-corrected chi connectivity index (χ4v) is 4.79. The molecule has 2 heterocycles. The number of halogens is 1. The first-order chi connectivity index (χ1) is 18.4. The molecule has 0 saturated carbocycles. The Kier molecular flexibility index (Phi) is 7.24. The maximum absolute atomic E-state index is 13.3. The lowest BCUT2D eigenvalue weighted by molar-refractivity contribution is -0.140. The molecule has 190 valence electrons. The molecule has 1 aliphatic heterocycles. The zero-order valence-electron chi connectivity index (χ0n) is 20.7. The van der Waals surface area contributed by atoms with E-state index in [-0.39, 0.29) is 17.9 Å². The number of hydrogen-bond acceptors (Lipinski definition) is 5. The number of amides is 1. The number of carbonyl (C=O) groups is 2. The molecule has 1 aliphatic rings. The van der Waals surface area contributed by atoms with E-state index in [0.717, 1.165) is 16.7 Å². The predicted molar refractivity (Wildman–Crippen MR) is 145 cm³/mol. The Morgan fingerprint density at radius 2 is 1.74 bits per heavy atom. The number of aromatic nitrogens is 1. The fraction of sp³-hybridized carbons (Fsp3) is 0.129. The van der Waals surface area contributed by atoms with E-state index in [1.54, 1.807) is 67.0 Å². The third kappa shape index (κ3) is 5.31. The van der Waals surface area contributed by atoms with E-state index in [1.165, 1.54) is 4.90 Å². The van der Waals surface area contributed by atoms with Crippen molar-refractivity contribution in [2.24, 2.45) is 0 Å². The van der Waals surface area contributed by atoms with Crippen molar-refractivity contribution in [2.75, 3.05) is 0 Å². The summed E-state index contributed by atoms with van der Waals surface area (Å²) in [4.78, 5) is 32.0. The highest BCUT2D eigenvalue weighted by Gasteiger charge is 2.46. The number of rotatable bonds is 7. The third-order valence-electron chi connectivity index (χ3n) is 6.40. The van der Waals surface area contributed by atoms with Gasteiger partial charge in [-0.2, -0.15) is 0 Å². The summed E-state index contributed by atoms with van der Waals surface area (Å²) in [5, 5.41) is 11.8. The Morgan fingerprint density at radius 3 is 2.45 bits per heavy atom. The van der Waals surface area contributed by atoms with Crippen LogP contribution in [0, 0.1) is 6.92 Å². The number of ether oxygens (including phenoxy) is 1. The largest absolute Gasteiger partial charge is 0.507 e. The van der Waals surface area contributed by atoms with Crippen molar-refractivity contribution in [3.05, 3.63) is 136 Å². The predicted octanol–water partition coefficient (Wildman–Crippen LogP) is 6.24. The van der Waals surface area contributed by atoms with Gasteiger partial charge in [-0.1, -0.05) is 59.6 Å². The average molecular weight is 525 g/mol. The molecule has 6 nitrogen and oxygen atoms in total. The van der Waals surface area contributed by atoms with Crippen LogP contribution < -0.4 is 4.74 Å². The quantitative estimate of drug-likeness (QED) is 0.176. The van der Waals surface area contributed by atoms with Crippen molar-refractivity contribution in [3.8, 4) is 5.75 Å². The topological polar surface area (TPSA) is 79.7 Å². The molecule has 7 heteroatoms. The summed E-state index contributed by atoms with van der Waals surface area (Å²) in [5.74, 6) is -1.09. The van der Waals surface area contributed by atoms with Crippen LogP contribution in [-0.4, -0.2) is 26.7 Å². The number of aliphatic hydroxyl groups excluding tert-OH is 1. The molecule has 5 rings (SSSR count). The summed E-state index contributed by atoms with van der Waals surface area (Å²) in [7, 11) is 0. The molecule has 4 aromatic rings. The van der Waals surface area contributed by atoms with E-state index in [1.807, 2.05) is 31.2 Å². The van der Waals surface area contributed by atoms with E-state index in [9.17, 15) is 14.7 Å². The van der Waals surface area contributed by atoms with Crippen molar-refractivity contribution in [1.82, 2.24) is 9.88 Å². The van der Waals surface area contributed by atoms with Gasteiger partial charge in [0.2, 0.25) is 0 Å². The zero-order valence-corrected chi connectivity index (χ0v) is 21.4. The Bertz CT molecular complexity index is 1520. The van der Waals surface area contributed by atoms with Gasteiger partial charge in [0, 0.05) is 29.5 Å². The van der Waals surface area contributed by atoms with Gasteiger partial charge < -0.3 is 14.7 Å². The van der Waals surface area contributed by atoms with Gasteiger partial charge in [-0.15, -0.1) is 0 Å². The second kappa shape index (κ2) is 10.9. The van der Waals surface area contributed by atoms with Crippen LogP contribution in [0.2, 0.25) is 5.02 Å². The summed E-state index contributed by atoms with van der Waals surface area (Å²) < 4.78 is 5.88. The minimum absolute atomic E-state index is 0.00888. The maximum Gasteiger partial charge on any atom is 0.295 e. The number of carbonyl (C=O) groups excluding carboxylic acids is 2. The minimum Gasteiger partial charge on any atom is -0.507 e.